The molecule has 2 heterocycles. The fourth-order valence-corrected chi connectivity index (χ4v) is 2.27. The van der Waals surface area contributed by atoms with Crippen molar-refractivity contribution in [2.45, 2.75) is 25.4 Å². The smallest absolute Gasteiger partial charge is 0.222 e. The molecule has 5 heteroatoms. The van der Waals surface area contributed by atoms with E-state index in [0.29, 0.717) is 31.8 Å². The Balaban J connectivity index is 1.63. The number of fused-ring (bicyclic) bond motifs is 1. The van der Waals surface area contributed by atoms with Gasteiger partial charge in [0.05, 0.1) is 19.3 Å². The first kappa shape index (κ1) is 13.2. The standard InChI is InChI=1S/C15H19NO4/c17-12(3-5-15(18)16-6-7-16)11-2-4-13-14(10-11)20-9-1-8-19-13/h2,4,10,12,17H,1,3,5-9H2. The molecule has 1 fully saturated rings. The zero-order valence-electron chi connectivity index (χ0n) is 11.4. The van der Waals surface area contributed by atoms with Crippen LogP contribution in [0.5, 0.6) is 11.5 Å². The van der Waals surface area contributed by atoms with Crippen molar-refractivity contribution in [3.05, 3.63) is 23.8 Å². The molecule has 2 aliphatic rings. The molecule has 1 N–H and O–H groups in total. The number of aliphatic hydroxyl groups excluding tert-OH is 1. The Morgan fingerprint density at radius 2 is 2.00 bits per heavy atom. The number of benzene rings is 1. The van der Waals surface area contributed by atoms with Crippen LogP contribution in [-0.2, 0) is 4.79 Å². The lowest BCUT2D eigenvalue weighted by Gasteiger charge is -2.14. The average Bonchev–Trinajstić information content (AvgIpc) is 3.29. The number of nitrogens with zero attached hydrogens (tertiary/aromatic N) is 1. The summed E-state index contributed by atoms with van der Waals surface area (Å²) in [7, 11) is 0. The largest absolute Gasteiger partial charge is 0.490 e. The minimum Gasteiger partial charge on any atom is -0.490 e. The molecular weight excluding hydrogens is 258 g/mol. The summed E-state index contributed by atoms with van der Waals surface area (Å²) in [5, 5.41) is 10.2. The molecule has 20 heavy (non-hydrogen) atoms. The summed E-state index contributed by atoms with van der Waals surface area (Å²) >= 11 is 0. The van der Waals surface area contributed by atoms with E-state index >= 15 is 0 Å². The highest BCUT2D eigenvalue weighted by atomic mass is 16.5. The van der Waals surface area contributed by atoms with Crippen molar-refractivity contribution < 1.29 is 19.4 Å². The van der Waals surface area contributed by atoms with E-state index in [9.17, 15) is 9.90 Å². The van der Waals surface area contributed by atoms with Crippen LogP contribution in [0.15, 0.2) is 18.2 Å². The zero-order valence-corrected chi connectivity index (χ0v) is 11.4. The van der Waals surface area contributed by atoms with Crippen LogP contribution in [0.4, 0.5) is 0 Å². The highest BCUT2D eigenvalue weighted by Crippen LogP contribution is 2.33. The first-order chi connectivity index (χ1) is 9.74. The van der Waals surface area contributed by atoms with Crippen LogP contribution in [0.2, 0.25) is 0 Å². The second-order valence-electron chi connectivity index (χ2n) is 5.19. The van der Waals surface area contributed by atoms with Crippen LogP contribution in [-0.4, -0.2) is 42.2 Å². The minimum atomic E-state index is -0.643. The predicted molar refractivity (Wildman–Crippen MR) is 72.8 cm³/mol. The lowest BCUT2D eigenvalue weighted by molar-refractivity contribution is -0.126. The first-order valence-corrected chi connectivity index (χ1v) is 7.09. The molecule has 0 radical (unpaired) electrons. The van der Waals surface area contributed by atoms with E-state index in [1.54, 1.807) is 4.90 Å². The van der Waals surface area contributed by atoms with Crippen molar-refractivity contribution in [2.75, 3.05) is 26.3 Å². The maximum Gasteiger partial charge on any atom is 0.222 e. The number of carbonyl (C=O) groups is 1. The maximum absolute atomic E-state index is 11.6. The first-order valence-electron chi connectivity index (χ1n) is 7.09. The Morgan fingerprint density at radius 3 is 2.75 bits per heavy atom. The third-order valence-electron chi connectivity index (χ3n) is 3.59. The SMILES string of the molecule is O=C(CCC(O)c1ccc2c(c1)OCCCO2)N1CC1. The summed E-state index contributed by atoms with van der Waals surface area (Å²) in [4.78, 5) is 13.4. The average molecular weight is 277 g/mol. The minimum absolute atomic E-state index is 0.124. The van der Waals surface area contributed by atoms with Gasteiger partial charge in [0, 0.05) is 25.9 Å². The Bertz CT molecular complexity index is 499. The van der Waals surface area contributed by atoms with Gasteiger partial charge >= 0.3 is 0 Å². The Morgan fingerprint density at radius 1 is 1.25 bits per heavy atom. The van der Waals surface area contributed by atoms with Crippen molar-refractivity contribution in [2.24, 2.45) is 0 Å². The van der Waals surface area contributed by atoms with Gasteiger partial charge in [-0.2, -0.15) is 0 Å². The van der Waals surface area contributed by atoms with Crippen LogP contribution in [0, 0.1) is 0 Å². The molecule has 1 unspecified atom stereocenters. The third kappa shape index (κ3) is 3.04. The van der Waals surface area contributed by atoms with E-state index in [0.717, 1.165) is 30.8 Å². The van der Waals surface area contributed by atoms with Gasteiger partial charge in [-0.15, -0.1) is 0 Å². The van der Waals surface area contributed by atoms with Gasteiger partial charge in [-0.25, -0.2) is 0 Å². The Kier molecular flexibility index (Phi) is 3.78. The highest BCUT2D eigenvalue weighted by molar-refractivity contribution is 5.78. The summed E-state index contributed by atoms with van der Waals surface area (Å²) in [5.41, 5.74) is 0.771. The van der Waals surface area contributed by atoms with Crippen LogP contribution in [0.3, 0.4) is 0 Å². The number of amides is 1. The number of carbonyl (C=O) groups excluding carboxylic acids is 1. The molecule has 1 amide bonds. The summed E-state index contributed by atoms with van der Waals surface area (Å²) in [6.45, 7) is 3.00. The van der Waals surface area contributed by atoms with Crippen LogP contribution in [0.1, 0.15) is 30.9 Å². The summed E-state index contributed by atoms with van der Waals surface area (Å²) in [6, 6.07) is 5.47. The molecule has 1 aromatic rings. The Labute approximate surface area is 118 Å². The van der Waals surface area contributed by atoms with E-state index in [2.05, 4.69) is 0 Å². The number of ether oxygens (including phenoxy) is 2. The fraction of sp³-hybridized carbons (Fsp3) is 0.533. The molecule has 1 atom stereocenters. The second kappa shape index (κ2) is 5.71. The van der Waals surface area contributed by atoms with Crippen molar-refractivity contribution in [3.63, 3.8) is 0 Å². The number of rotatable bonds is 4. The molecule has 5 nitrogen and oxygen atoms in total. The molecule has 2 aliphatic heterocycles. The summed E-state index contributed by atoms with van der Waals surface area (Å²) < 4.78 is 11.2. The summed E-state index contributed by atoms with van der Waals surface area (Å²) in [6.07, 6.45) is 1.04. The zero-order chi connectivity index (χ0) is 13.9. The van der Waals surface area contributed by atoms with Gasteiger partial charge in [0.1, 0.15) is 0 Å². The van der Waals surface area contributed by atoms with Gasteiger partial charge in [0.25, 0.3) is 0 Å². The molecule has 0 bridgehead atoms. The number of hydrogen-bond donors (Lipinski definition) is 1. The quantitative estimate of drug-likeness (QED) is 0.847. The predicted octanol–water partition coefficient (Wildman–Crippen LogP) is 1.50. The number of aliphatic hydroxyl groups is 1. The van der Waals surface area contributed by atoms with Gasteiger partial charge in [-0.05, 0) is 24.1 Å². The van der Waals surface area contributed by atoms with E-state index < -0.39 is 6.10 Å². The molecule has 1 saturated heterocycles. The molecular formula is C15H19NO4. The van der Waals surface area contributed by atoms with E-state index in [4.69, 9.17) is 9.47 Å². The molecule has 108 valence electrons. The van der Waals surface area contributed by atoms with Crippen molar-refractivity contribution in [3.8, 4) is 11.5 Å². The Hall–Kier alpha value is -1.75. The summed E-state index contributed by atoms with van der Waals surface area (Å²) in [5.74, 6) is 1.52. The van der Waals surface area contributed by atoms with Gasteiger partial charge in [-0.3, -0.25) is 4.79 Å². The van der Waals surface area contributed by atoms with Crippen molar-refractivity contribution >= 4 is 5.91 Å². The highest BCUT2D eigenvalue weighted by Gasteiger charge is 2.24. The van der Waals surface area contributed by atoms with E-state index in [1.807, 2.05) is 18.2 Å². The van der Waals surface area contributed by atoms with Crippen molar-refractivity contribution in [1.82, 2.24) is 4.90 Å². The van der Waals surface area contributed by atoms with Gasteiger partial charge in [-0.1, -0.05) is 6.07 Å². The number of hydrogen-bond acceptors (Lipinski definition) is 4. The van der Waals surface area contributed by atoms with Gasteiger partial charge in [0.2, 0.25) is 5.91 Å². The third-order valence-corrected chi connectivity index (χ3v) is 3.59. The monoisotopic (exact) mass is 277 g/mol. The molecule has 3 rings (SSSR count). The van der Waals surface area contributed by atoms with Crippen LogP contribution in [0.25, 0.3) is 0 Å². The van der Waals surface area contributed by atoms with Crippen molar-refractivity contribution in [1.29, 1.82) is 0 Å². The normalized spacial score (nSPS) is 18.4. The molecule has 0 aromatic heterocycles. The van der Waals surface area contributed by atoms with E-state index in [1.165, 1.54) is 0 Å². The fourth-order valence-electron chi connectivity index (χ4n) is 2.27. The van der Waals surface area contributed by atoms with E-state index in [-0.39, 0.29) is 5.91 Å². The molecule has 0 saturated carbocycles. The van der Waals surface area contributed by atoms with Crippen LogP contribution < -0.4 is 9.47 Å². The molecule has 0 aliphatic carbocycles. The maximum atomic E-state index is 11.6. The molecule has 0 spiro atoms. The topological polar surface area (TPSA) is 58.8 Å². The van der Waals surface area contributed by atoms with Gasteiger partial charge in [0.15, 0.2) is 11.5 Å². The van der Waals surface area contributed by atoms with Gasteiger partial charge < -0.3 is 19.5 Å². The molecule has 1 aromatic carbocycles. The second-order valence-corrected chi connectivity index (χ2v) is 5.19. The lowest BCUT2D eigenvalue weighted by Crippen LogP contribution is -2.11. The van der Waals surface area contributed by atoms with Crippen LogP contribution >= 0.6 is 0 Å². The lowest BCUT2D eigenvalue weighted by atomic mass is 10.0.